The fraction of sp³-hybridized carbons (Fsp3) is 0.447. The van der Waals surface area contributed by atoms with E-state index in [9.17, 15) is 24.0 Å². The van der Waals surface area contributed by atoms with Gasteiger partial charge >= 0.3 is 0 Å². The maximum atomic E-state index is 13.6. The molecule has 1 aliphatic rings. The summed E-state index contributed by atoms with van der Waals surface area (Å²) < 4.78 is 3.83. The summed E-state index contributed by atoms with van der Waals surface area (Å²) in [5.74, 6) is -0.748. The molecule has 2 aromatic heterocycles. The van der Waals surface area contributed by atoms with E-state index in [-0.39, 0.29) is 50.2 Å². The number of hydrogen-bond acceptors (Lipinski definition) is 7. The van der Waals surface area contributed by atoms with E-state index in [0.717, 1.165) is 28.8 Å². The normalized spacial score (nSPS) is 18.4. The molecule has 2 bridgehead atoms. The van der Waals surface area contributed by atoms with Crippen LogP contribution in [0, 0.1) is 5.92 Å². The van der Waals surface area contributed by atoms with Gasteiger partial charge in [0.1, 0.15) is 17.9 Å². The summed E-state index contributed by atoms with van der Waals surface area (Å²) in [5, 5.41) is 15.6. The van der Waals surface area contributed by atoms with Gasteiger partial charge < -0.3 is 30.7 Å². The Morgan fingerprint density at radius 2 is 1.75 bits per heavy atom. The monoisotopic (exact) mass is 711 g/mol. The van der Waals surface area contributed by atoms with E-state index < -0.39 is 23.9 Å². The molecule has 52 heavy (non-hydrogen) atoms. The molecule has 5 amide bonds. The summed E-state index contributed by atoms with van der Waals surface area (Å²) in [6.07, 6.45) is 5.65. The summed E-state index contributed by atoms with van der Waals surface area (Å²) in [6, 6.07) is 14.6. The van der Waals surface area contributed by atoms with Crippen LogP contribution in [0.1, 0.15) is 61.8 Å². The van der Waals surface area contributed by atoms with E-state index in [4.69, 9.17) is 4.98 Å². The Balaban J connectivity index is 1.39. The molecule has 4 N–H and O–H groups in total. The highest BCUT2D eigenvalue weighted by molar-refractivity contribution is 5.97. The van der Waals surface area contributed by atoms with Gasteiger partial charge in [-0.05, 0) is 55.5 Å². The minimum Gasteiger partial charge on any atom is -0.354 e. The lowest BCUT2D eigenvalue weighted by Gasteiger charge is -2.25. The average molecular weight is 712 g/mol. The summed E-state index contributed by atoms with van der Waals surface area (Å²) in [4.78, 5) is 73.3. The van der Waals surface area contributed by atoms with Crippen LogP contribution in [0.15, 0.2) is 67.0 Å². The Labute approximate surface area is 303 Å². The topological polar surface area (TPSA) is 172 Å². The second kappa shape index (κ2) is 18.1. The fourth-order valence-electron chi connectivity index (χ4n) is 6.22. The molecule has 0 saturated heterocycles. The van der Waals surface area contributed by atoms with Crippen molar-refractivity contribution in [2.75, 3.05) is 26.2 Å². The molecule has 4 aromatic rings. The first-order valence-electron chi connectivity index (χ1n) is 18.0. The number of fused-ring (bicyclic) bond motifs is 1. The van der Waals surface area contributed by atoms with Gasteiger partial charge in [0, 0.05) is 69.9 Å². The van der Waals surface area contributed by atoms with Crippen LogP contribution in [-0.2, 0) is 45.1 Å². The molecule has 0 aliphatic carbocycles. The van der Waals surface area contributed by atoms with Crippen molar-refractivity contribution in [3.63, 3.8) is 0 Å². The highest BCUT2D eigenvalue weighted by Crippen LogP contribution is 2.21. The molecule has 1 aliphatic heterocycles. The van der Waals surface area contributed by atoms with Gasteiger partial charge in [0.25, 0.3) is 5.91 Å². The molecule has 2 atom stereocenters. The van der Waals surface area contributed by atoms with Crippen molar-refractivity contribution in [1.82, 2.24) is 45.5 Å². The molecule has 5 rings (SSSR count). The van der Waals surface area contributed by atoms with E-state index in [1.54, 1.807) is 29.9 Å². The van der Waals surface area contributed by atoms with Gasteiger partial charge in [-0.25, -0.2) is 4.98 Å². The predicted octanol–water partition coefficient (Wildman–Crippen LogP) is 2.22. The number of carbonyl (C=O) groups is 5. The Hall–Kier alpha value is -5.53. The first-order chi connectivity index (χ1) is 25.1. The number of aryl methyl sites for hydroxylation is 2. The van der Waals surface area contributed by atoms with Crippen LogP contribution in [-0.4, -0.2) is 92.0 Å². The van der Waals surface area contributed by atoms with Gasteiger partial charge in [0.2, 0.25) is 23.6 Å². The van der Waals surface area contributed by atoms with Gasteiger partial charge in [-0.15, -0.1) is 0 Å². The minimum atomic E-state index is -1.01. The largest absolute Gasteiger partial charge is 0.354 e. The van der Waals surface area contributed by atoms with E-state index in [1.807, 2.05) is 48.7 Å². The molecular formula is C38H49N9O5. The van der Waals surface area contributed by atoms with Crippen molar-refractivity contribution in [2.24, 2.45) is 5.92 Å². The van der Waals surface area contributed by atoms with E-state index in [0.29, 0.717) is 44.0 Å². The standard InChI is InChI=1S/C38H49N9O5/c1-26(2)22-33-43-30-14-13-29-24-32(30)47(33)20-8-15-39-36(50)27(3)42-38(52)31(23-28-10-5-4-6-11-28)44-34(48)25-45(21-17-40-37(29)51)35(49)12-7-18-46-19-9-16-41-46/h4-6,9-11,13-14,16,19,24,26-27,31H,7-8,12,15,17-18,20-23,25H2,1-3H3,(H,39,50)(H,40,51)(H,42,52)(H,44,48)/t27-,31+/m1/s1. The van der Waals surface area contributed by atoms with Crippen LogP contribution >= 0.6 is 0 Å². The third-order valence-corrected chi connectivity index (χ3v) is 8.92. The van der Waals surface area contributed by atoms with Gasteiger partial charge in [-0.3, -0.25) is 28.7 Å². The summed E-state index contributed by atoms with van der Waals surface area (Å²) in [5.41, 5.74) is 2.85. The van der Waals surface area contributed by atoms with Gasteiger partial charge in [0.15, 0.2) is 0 Å². The maximum absolute atomic E-state index is 13.6. The second-order valence-corrected chi connectivity index (χ2v) is 13.6. The number of carbonyl (C=O) groups excluding carboxylic acids is 5. The quantitative estimate of drug-likeness (QED) is 0.217. The van der Waals surface area contributed by atoms with Gasteiger partial charge in [-0.1, -0.05) is 44.2 Å². The first kappa shape index (κ1) is 37.7. The van der Waals surface area contributed by atoms with Crippen molar-refractivity contribution < 1.29 is 24.0 Å². The highest BCUT2D eigenvalue weighted by Gasteiger charge is 2.27. The van der Waals surface area contributed by atoms with Crippen molar-refractivity contribution in [1.29, 1.82) is 0 Å². The van der Waals surface area contributed by atoms with Crippen LogP contribution in [0.5, 0.6) is 0 Å². The minimum absolute atomic E-state index is 0.0746. The smallest absolute Gasteiger partial charge is 0.251 e. The molecule has 3 heterocycles. The number of benzene rings is 2. The third-order valence-electron chi connectivity index (χ3n) is 8.92. The average Bonchev–Trinajstić information content (AvgIpc) is 3.76. The Bertz CT molecular complexity index is 1840. The van der Waals surface area contributed by atoms with Crippen LogP contribution in [0.25, 0.3) is 11.0 Å². The van der Waals surface area contributed by atoms with E-state index in [1.165, 1.54) is 4.90 Å². The maximum Gasteiger partial charge on any atom is 0.251 e. The SMILES string of the molecule is CC(C)Cc1nc2ccc3cc2n1CCCNC(=O)[C@@H](C)NC(=O)[C@H](Cc1ccccc1)NC(=O)CN(C(=O)CCCn1cccn1)CCNC3=O. The Morgan fingerprint density at radius 3 is 2.50 bits per heavy atom. The molecule has 0 spiro atoms. The van der Waals surface area contributed by atoms with Crippen molar-refractivity contribution in [3.05, 3.63) is 83.9 Å². The number of amides is 5. The van der Waals surface area contributed by atoms with Gasteiger partial charge in [-0.2, -0.15) is 5.10 Å². The van der Waals surface area contributed by atoms with E-state index >= 15 is 0 Å². The molecule has 14 nitrogen and oxygen atoms in total. The fourth-order valence-corrected chi connectivity index (χ4v) is 6.22. The Morgan fingerprint density at radius 1 is 0.942 bits per heavy atom. The molecule has 0 saturated carbocycles. The Kier molecular flexibility index (Phi) is 13.1. The van der Waals surface area contributed by atoms with Crippen LogP contribution < -0.4 is 21.3 Å². The molecule has 0 unspecified atom stereocenters. The van der Waals surface area contributed by atoms with Gasteiger partial charge in [0.05, 0.1) is 17.6 Å². The van der Waals surface area contributed by atoms with Crippen LogP contribution in [0.2, 0.25) is 0 Å². The molecule has 276 valence electrons. The van der Waals surface area contributed by atoms with Crippen LogP contribution in [0.3, 0.4) is 0 Å². The number of rotatable bonds is 8. The van der Waals surface area contributed by atoms with Crippen molar-refractivity contribution >= 4 is 40.6 Å². The molecule has 0 fully saturated rings. The summed E-state index contributed by atoms with van der Waals surface area (Å²) >= 11 is 0. The number of hydrogen-bond donors (Lipinski definition) is 4. The number of nitrogens with one attached hydrogen (secondary N) is 4. The number of imidazole rings is 1. The lowest BCUT2D eigenvalue weighted by molar-refractivity contribution is -0.137. The highest BCUT2D eigenvalue weighted by atomic mass is 16.2. The number of aromatic nitrogens is 4. The molecular weight excluding hydrogens is 662 g/mol. The zero-order valence-electron chi connectivity index (χ0n) is 30.1. The zero-order chi connectivity index (χ0) is 37.0. The van der Waals surface area contributed by atoms with Crippen molar-refractivity contribution in [3.8, 4) is 0 Å². The zero-order valence-corrected chi connectivity index (χ0v) is 30.1. The summed E-state index contributed by atoms with van der Waals surface area (Å²) in [7, 11) is 0. The summed E-state index contributed by atoms with van der Waals surface area (Å²) in [6.45, 7) is 7.14. The number of nitrogens with zero attached hydrogens (tertiary/aromatic N) is 5. The first-order valence-corrected chi connectivity index (χ1v) is 18.0. The van der Waals surface area contributed by atoms with Crippen LogP contribution in [0.4, 0.5) is 0 Å². The second-order valence-electron chi connectivity index (χ2n) is 13.6. The predicted molar refractivity (Wildman–Crippen MR) is 196 cm³/mol. The van der Waals surface area contributed by atoms with Crippen molar-refractivity contribution in [2.45, 2.75) is 78.0 Å². The lowest BCUT2D eigenvalue weighted by atomic mass is 10.0. The molecule has 2 aromatic carbocycles. The van der Waals surface area contributed by atoms with E-state index in [2.05, 4.69) is 44.8 Å². The third kappa shape index (κ3) is 10.5. The molecule has 0 radical (unpaired) electrons. The molecule has 14 heteroatoms. The lowest BCUT2D eigenvalue weighted by Crippen LogP contribution is -2.55.